The van der Waals surface area contributed by atoms with Crippen LogP contribution in [0.3, 0.4) is 0 Å². The van der Waals surface area contributed by atoms with E-state index >= 15 is 0 Å². The van der Waals surface area contributed by atoms with Crippen LogP contribution in [0.25, 0.3) is 0 Å². The van der Waals surface area contributed by atoms with E-state index in [1.165, 1.54) is 14.0 Å². The predicted molar refractivity (Wildman–Crippen MR) is 53.5 cm³/mol. The van der Waals surface area contributed by atoms with Gasteiger partial charge in [-0.15, -0.1) is 11.8 Å². The number of thioether (sulfide) groups is 1. The lowest BCUT2D eigenvalue weighted by molar-refractivity contribution is 1.15. The first-order chi connectivity index (χ1) is 4.75. The van der Waals surface area contributed by atoms with Gasteiger partial charge in [0.2, 0.25) is 0 Å². The number of nitrogens with zero attached hydrogens (tertiary/aromatic N) is 1. The van der Waals surface area contributed by atoms with Gasteiger partial charge in [0, 0.05) is 20.9 Å². The van der Waals surface area contributed by atoms with Crippen molar-refractivity contribution in [1.29, 1.82) is 0 Å². The third kappa shape index (κ3) is 1.63. The minimum atomic E-state index is 1.24. The first kappa shape index (κ1) is 8.33. The maximum absolute atomic E-state index is 4.09. The van der Waals surface area contributed by atoms with Gasteiger partial charge in [-0.05, 0) is 41.3 Å². The van der Waals surface area contributed by atoms with Gasteiger partial charge in [0.05, 0.1) is 0 Å². The lowest BCUT2D eigenvalue weighted by atomic mass is 10.3. The van der Waals surface area contributed by atoms with Crippen molar-refractivity contribution in [2.75, 3.05) is 6.26 Å². The third-order valence-electron chi connectivity index (χ3n) is 1.33. The van der Waals surface area contributed by atoms with E-state index in [1.807, 2.05) is 12.4 Å². The van der Waals surface area contributed by atoms with Gasteiger partial charge in [0.15, 0.2) is 0 Å². The summed E-state index contributed by atoms with van der Waals surface area (Å²) in [7, 11) is 0. The zero-order valence-electron chi connectivity index (χ0n) is 5.89. The summed E-state index contributed by atoms with van der Waals surface area (Å²) in [6.07, 6.45) is 5.86. The van der Waals surface area contributed by atoms with Crippen molar-refractivity contribution in [3.63, 3.8) is 0 Å². The monoisotopic (exact) mass is 265 g/mol. The SMILES string of the molecule is CSc1cncc(I)c1C. The summed E-state index contributed by atoms with van der Waals surface area (Å²) in [6, 6.07) is 0. The third-order valence-corrected chi connectivity index (χ3v) is 3.27. The van der Waals surface area contributed by atoms with Crippen LogP contribution in [0.1, 0.15) is 5.56 Å². The summed E-state index contributed by atoms with van der Waals surface area (Å²) in [5, 5.41) is 0. The molecule has 0 spiro atoms. The smallest absolute Gasteiger partial charge is 0.0407 e. The summed E-state index contributed by atoms with van der Waals surface area (Å²) in [5.41, 5.74) is 1.34. The molecule has 0 aliphatic carbocycles. The molecule has 1 heterocycles. The maximum Gasteiger partial charge on any atom is 0.0407 e. The molecule has 54 valence electrons. The van der Waals surface area contributed by atoms with Crippen molar-refractivity contribution in [3.05, 3.63) is 21.5 Å². The Morgan fingerprint density at radius 1 is 1.50 bits per heavy atom. The van der Waals surface area contributed by atoms with Gasteiger partial charge in [-0.25, -0.2) is 0 Å². The molecule has 0 fully saturated rings. The summed E-state index contributed by atoms with van der Waals surface area (Å²) in [6.45, 7) is 2.12. The molecule has 0 saturated carbocycles. The molecule has 10 heavy (non-hydrogen) atoms. The highest BCUT2D eigenvalue weighted by molar-refractivity contribution is 14.1. The van der Waals surface area contributed by atoms with Gasteiger partial charge < -0.3 is 0 Å². The Hall–Kier alpha value is 0.230. The fourth-order valence-electron chi connectivity index (χ4n) is 0.688. The first-order valence-electron chi connectivity index (χ1n) is 2.90. The Kier molecular flexibility index (Phi) is 2.97. The van der Waals surface area contributed by atoms with Crippen LogP contribution in [0.2, 0.25) is 0 Å². The molecule has 0 N–H and O–H groups in total. The fourth-order valence-corrected chi connectivity index (χ4v) is 1.90. The summed E-state index contributed by atoms with van der Waals surface area (Å²) in [4.78, 5) is 5.36. The van der Waals surface area contributed by atoms with E-state index in [-0.39, 0.29) is 0 Å². The van der Waals surface area contributed by atoms with Crippen LogP contribution < -0.4 is 0 Å². The molecule has 0 aliphatic rings. The number of rotatable bonds is 1. The Balaban J connectivity index is 3.14. The van der Waals surface area contributed by atoms with E-state index in [4.69, 9.17) is 0 Å². The molecule has 0 radical (unpaired) electrons. The highest BCUT2D eigenvalue weighted by Gasteiger charge is 1.98. The molecule has 0 amide bonds. The standard InChI is InChI=1S/C7H8INS/c1-5-6(8)3-9-4-7(5)10-2/h3-4H,1-2H3. The molecule has 0 atom stereocenters. The number of aromatic nitrogens is 1. The second kappa shape index (κ2) is 3.57. The molecule has 0 aliphatic heterocycles. The Morgan fingerprint density at radius 3 is 2.70 bits per heavy atom. The van der Waals surface area contributed by atoms with Crippen LogP contribution >= 0.6 is 34.4 Å². The van der Waals surface area contributed by atoms with Crippen LogP contribution in [0.4, 0.5) is 0 Å². The van der Waals surface area contributed by atoms with Crippen molar-refractivity contribution >= 4 is 34.4 Å². The van der Waals surface area contributed by atoms with Gasteiger partial charge in [-0.1, -0.05) is 0 Å². The lowest BCUT2D eigenvalue weighted by Crippen LogP contribution is -1.85. The van der Waals surface area contributed by atoms with Crippen LogP contribution in [0.15, 0.2) is 17.3 Å². The molecule has 1 rings (SSSR count). The molecular weight excluding hydrogens is 257 g/mol. The number of hydrogen-bond donors (Lipinski definition) is 0. The van der Waals surface area contributed by atoms with E-state index in [2.05, 4.69) is 40.8 Å². The normalized spacial score (nSPS) is 9.90. The van der Waals surface area contributed by atoms with Crippen molar-refractivity contribution in [2.24, 2.45) is 0 Å². The van der Waals surface area contributed by atoms with Gasteiger partial charge in [-0.2, -0.15) is 0 Å². The summed E-state index contributed by atoms with van der Waals surface area (Å²) < 4.78 is 1.24. The second-order valence-electron chi connectivity index (χ2n) is 1.95. The van der Waals surface area contributed by atoms with Crippen LogP contribution in [-0.4, -0.2) is 11.2 Å². The van der Waals surface area contributed by atoms with Gasteiger partial charge in [0.25, 0.3) is 0 Å². The first-order valence-corrected chi connectivity index (χ1v) is 5.20. The second-order valence-corrected chi connectivity index (χ2v) is 3.96. The molecule has 3 heteroatoms. The van der Waals surface area contributed by atoms with Crippen LogP contribution in [0, 0.1) is 10.5 Å². The minimum absolute atomic E-state index is 1.24. The summed E-state index contributed by atoms with van der Waals surface area (Å²) in [5.74, 6) is 0. The minimum Gasteiger partial charge on any atom is -0.262 e. The summed E-state index contributed by atoms with van der Waals surface area (Å²) >= 11 is 4.04. The quantitative estimate of drug-likeness (QED) is 0.572. The lowest BCUT2D eigenvalue weighted by Gasteiger charge is -2.01. The molecule has 0 saturated heterocycles. The van der Waals surface area contributed by atoms with E-state index in [1.54, 1.807) is 11.8 Å². The van der Waals surface area contributed by atoms with Gasteiger partial charge in [0.1, 0.15) is 0 Å². The molecular formula is C7H8INS. The predicted octanol–water partition coefficient (Wildman–Crippen LogP) is 2.72. The topological polar surface area (TPSA) is 12.9 Å². The highest BCUT2D eigenvalue weighted by Crippen LogP contribution is 2.21. The zero-order valence-corrected chi connectivity index (χ0v) is 8.86. The Labute approximate surface area is 78.8 Å². The van der Waals surface area contributed by atoms with Crippen molar-refractivity contribution < 1.29 is 0 Å². The van der Waals surface area contributed by atoms with E-state index in [0.717, 1.165) is 0 Å². The average Bonchev–Trinajstić information content (AvgIpc) is 1.95. The highest BCUT2D eigenvalue weighted by atomic mass is 127. The molecule has 0 aromatic carbocycles. The van der Waals surface area contributed by atoms with E-state index in [9.17, 15) is 0 Å². The maximum atomic E-state index is 4.09. The zero-order chi connectivity index (χ0) is 7.56. The average molecular weight is 265 g/mol. The van der Waals surface area contributed by atoms with Crippen molar-refractivity contribution in [2.45, 2.75) is 11.8 Å². The molecule has 1 aromatic heterocycles. The van der Waals surface area contributed by atoms with Crippen molar-refractivity contribution in [1.82, 2.24) is 4.98 Å². The van der Waals surface area contributed by atoms with Crippen LogP contribution in [-0.2, 0) is 0 Å². The largest absolute Gasteiger partial charge is 0.262 e. The number of pyridine rings is 1. The molecule has 1 aromatic rings. The Morgan fingerprint density at radius 2 is 2.20 bits per heavy atom. The number of halogens is 1. The molecule has 0 bridgehead atoms. The Bertz CT molecular complexity index is 237. The van der Waals surface area contributed by atoms with Gasteiger partial charge >= 0.3 is 0 Å². The molecule has 1 nitrogen and oxygen atoms in total. The van der Waals surface area contributed by atoms with E-state index in [0.29, 0.717) is 0 Å². The fraction of sp³-hybridized carbons (Fsp3) is 0.286. The van der Waals surface area contributed by atoms with Crippen LogP contribution in [0.5, 0.6) is 0 Å². The molecule has 0 unspecified atom stereocenters. The van der Waals surface area contributed by atoms with Gasteiger partial charge in [-0.3, -0.25) is 4.98 Å². The number of hydrogen-bond acceptors (Lipinski definition) is 2. The van der Waals surface area contributed by atoms with Crippen molar-refractivity contribution in [3.8, 4) is 0 Å². The van der Waals surface area contributed by atoms with E-state index < -0.39 is 0 Å².